The second kappa shape index (κ2) is 7.35. The molecule has 0 radical (unpaired) electrons. The van der Waals surface area contributed by atoms with Crippen molar-refractivity contribution in [2.45, 2.75) is 6.92 Å². The van der Waals surface area contributed by atoms with E-state index in [1.807, 2.05) is 18.2 Å². The highest BCUT2D eigenvalue weighted by molar-refractivity contribution is 7.80. The lowest BCUT2D eigenvalue weighted by atomic mass is 10.2. The molecule has 0 aliphatic rings. The second-order valence-electron chi connectivity index (χ2n) is 4.15. The van der Waals surface area contributed by atoms with Crippen molar-refractivity contribution in [2.75, 3.05) is 17.2 Å². The average Bonchev–Trinajstić information content (AvgIpc) is 2.49. The van der Waals surface area contributed by atoms with Gasteiger partial charge in [0.2, 0.25) is 0 Å². The maximum atomic E-state index is 11.5. The zero-order valence-electron chi connectivity index (χ0n) is 11.6. The summed E-state index contributed by atoms with van der Waals surface area (Å²) in [6.07, 6.45) is 1.80. The zero-order chi connectivity index (χ0) is 15.1. The van der Waals surface area contributed by atoms with Gasteiger partial charge in [0, 0.05) is 11.8 Å². The van der Waals surface area contributed by atoms with Gasteiger partial charge in [-0.1, -0.05) is 6.07 Å². The number of rotatable bonds is 4. The summed E-state index contributed by atoms with van der Waals surface area (Å²) in [7, 11) is 0. The molecule has 1 aromatic heterocycles. The van der Waals surface area contributed by atoms with Crippen molar-refractivity contribution >= 4 is 34.8 Å². The van der Waals surface area contributed by atoms with E-state index in [1.165, 1.54) is 0 Å². The van der Waals surface area contributed by atoms with Crippen molar-refractivity contribution in [2.24, 2.45) is 0 Å². The van der Waals surface area contributed by atoms with Crippen LogP contribution in [-0.4, -0.2) is 17.7 Å². The van der Waals surface area contributed by atoms with Crippen molar-refractivity contribution < 1.29 is 14.5 Å². The van der Waals surface area contributed by atoms with Crippen LogP contribution in [0.25, 0.3) is 0 Å². The molecule has 0 aliphatic carbocycles. The molecule has 3 N–H and O–H groups in total. The lowest BCUT2D eigenvalue weighted by Crippen LogP contribution is -2.23. The standard InChI is InChI=1S/C15H15N3O2S/c1-2-20-14(19)11-6-8-12(9-7-11)17-15(21)18-13-5-3-4-10-16-13/h3-10H,2H2,1H3,(H2,16,17,18,21)/p+1. The molecule has 6 heteroatoms. The predicted octanol–water partition coefficient (Wildman–Crippen LogP) is 2.49. The summed E-state index contributed by atoms with van der Waals surface area (Å²) in [6.45, 7) is 2.14. The van der Waals surface area contributed by atoms with E-state index in [0.717, 1.165) is 11.5 Å². The number of ether oxygens (including phenoxy) is 1. The topological polar surface area (TPSA) is 64.5 Å². The minimum Gasteiger partial charge on any atom is -0.462 e. The highest BCUT2D eigenvalue weighted by Crippen LogP contribution is 2.11. The molecule has 108 valence electrons. The van der Waals surface area contributed by atoms with Crippen LogP contribution in [0.15, 0.2) is 48.7 Å². The normalized spacial score (nSPS) is 9.76. The molecule has 1 heterocycles. The second-order valence-corrected chi connectivity index (χ2v) is 4.56. The quantitative estimate of drug-likeness (QED) is 0.671. The number of carbonyl (C=O) groups is 1. The van der Waals surface area contributed by atoms with Crippen molar-refractivity contribution in [1.29, 1.82) is 0 Å². The fourth-order valence-corrected chi connectivity index (χ4v) is 1.89. The molecule has 5 nitrogen and oxygen atoms in total. The number of hydrogen-bond acceptors (Lipinski definition) is 3. The molecule has 0 fully saturated rings. The molecule has 0 bridgehead atoms. The molecule has 0 atom stereocenters. The fraction of sp³-hybridized carbons (Fsp3) is 0.133. The van der Waals surface area contributed by atoms with Gasteiger partial charge < -0.3 is 10.1 Å². The first kappa shape index (κ1) is 14.9. The van der Waals surface area contributed by atoms with Crippen LogP contribution >= 0.6 is 12.2 Å². The number of hydrogen-bond donors (Lipinski definition) is 2. The summed E-state index contributed by atoms with van der Waals surface area (Å²) in [5, 5.41) is 6.52. The van der Waals surface area contributed by atoms with E-state index in [1.54, 1.807) is 37.4 Å². The molecule has 21 heavy (non-hydrogen) atoms. The van der Waals surface area contributed by atoms with Gasteiger partial charge in [-0.3, -0.25) is 0 Å². The summed E-state index contributed by atoms with van der Waals surface area (Å²) >= 11 is 5.21. The van der Waals surface area contributed by atoms with Crippen molar-refractivity contribution in [1.82, 2.24) is 0 Å². The molecule has 2 aromatic rings. The van der Waals surface area contributed by atoms with Crippen LogP contribution in [0, 0.1) is 0 Å². The number of benzene rings is 1. The van der Waals surface area contributed by atoms with E-state index in [0.29, 0.717) is 17.3 Å². The molecular weight excluding hydrogens is 286 g/mol. The summed E-state index contributed by atoms with van der Waals surface area (Å²) in [4.78, 5) is 14.6. The Morgan fingerprint density at radius 1 is 1.19 bits per heavy atom. The Bertz CT molecular complexity index is 615. The molecule has 0 aliphatic heterocycles. The third-order valence-corrected chi connectivity index (χ3v) is 2.82. The maximum Gasteiger partial charge on any atom is 0.338 e. The summed E-state index contributed by atoms with van der Waals surface area (Å²) in [5.74, 6) is 0.460. The van der Waals surface area contributed by atoms with Gasteiger partial charge in [0.15, 0.2) is 0 Å². The number of esters is 1. The molecule has 0 spiro atoms. The largest absolute Gasteiger partial charge is 0.462 e. The SMILES string of the molecule is CCOC(=O)c1ccc(NC(=S)Nc2cccc[nH+]2)cc1. The molecule has 1 aromatic carbocycles. The average molecular weight is 302 g/mol. The number of thiocarbonyl (C=S) groups is 1. The van der Waals surface area contributed by atoms with E-state index in [4.69, 9.17) is 17.0 Å². The predicted molar refractivity (Wildman–Crippen MR) is 85.2 cm³/mol. The monoisotopic (exact) mass is 302 g/mol. The molecule has 0 saturated carbocycles. The van der Waals surface area contributed by atoms with E-state index in [2.05, 4.69) is 15.6 Å². The van der Waals surface area contributed by atoms with E-state index >= 15 is 0 Å². The van der Waals surface area contributed by atoms with E-state index in [-0.39, 0.29) is 5.97 Å². The molecule has 2 rings (SSSR count). The minimum absolute atomic E-state index is 0.330. The van der Waals surface area contributed by atoms with Crippen LogP contribution in [0.1, 0.15) is 17.3 Å². The Hall–Kier alpha value is -2.47. The first-order chi connectivity index (χ1) is 10.2. The smallest absolute Gasteiger partial charge is 0.338 e. The Balaban J connectivity index is 1.94. The number of H-pyrrole nitrogens is 1. The molecule has 0 amide bonds. The summed E-state index contributed by atoms with van der Waals surface area (Å²) in [6, 6.07) is 12.6. The van der Waals surface area contributed by atoms with Gasteiger partial charge >= 0.3 is 5.97 Å². The van der Waals surface area contributed by atoms with Crippen LogP contribution in [0.2, 0.25) is 0 Å². The fourth-order valence-electron chi connectivity index (χ4n) is 1.66. The lowest BCUT2D eigenvalue weighted by molar-refractivity contribution is -0.360. The van der Waals surface area contributed by atoms with Gasteiger partial charge in [0.25, 0.3) is 10.9 Å². The first-order valence-corrected chi connectivity index (χ1v) is 6.92. The number of anilines is 2. The first-order valence-electron chi connectivity index (χ1n) is 6.51. The van der Waals surface area contributed by atoms with Gasteiger partial charge in [0.05, 0.1) is 18.4 Å². The number of pyridine rings is 1. The van der Waals surface area contributed by atoms with Gasteiger partial charge in [-0.15, -0.1) is 0 Å². The van der Waals surface area contributed by atoms with Gasteiger partial charge in [-0.2, -0.15) is 0 Å². The highest BCUT2D eigenvalue weighted by Gasteiger charge is 2.08. The molecular formula is C15H16N3O2S+. The zero-order valence-corrected chi connectivity index (χ0v) is 12.4. The van der Waals surface area contributed by atoms with Crippen molar-refractivity contribution in [3.8, 4) is 0 Å². The van der Waals surface area contributed by atoms with Crippen molar-refractivity contribution in [3.05, 3.63) is 54.2 Å². The van der Waals surface area contributed by atoms with Crippen molar-refractivity contribution in [3.63, 3.8) is 0 Å². The number of carbonyl (C=O) groups excluding carboxylic acids is 1. The van der Waals surface area contributed by atoms with Crippen LogP contribution in [-0.2, 0) is 4.74 Å². The number of nitrogens with one attached hydrogen (secondary N) is 3. The maximum absolute atomic E-state index is 11.5. The lowest BCUT2D eigenvalue weighted by Gasteiger charge is -2.06. The molecule has 0 saturated heterocycles. The third-order valence-electron chi connectivity index (χ3n) is 2.61. The minimum atomic E-state index is -0.330. The number of aromatic nitrogens is 1. The van der Waals surface area contributed by atoms with E-state index in [9.17, 15) is 4.79 Å². The Kier molecular flexibility index (Phi) is 5.22. The highest BCUT2D eigenvalue weighted by atomic mass is 32.1. The Morgan fingerprint density at radius 2 is 1.95 bits per heavy atom. The van der Waals surface area contributed by atoms with Crippen LogP contribution in [0.3, 0.4) is 0 Å². The van der Waals surface area contributed by atoms with Gasteiger partial charge in [0.1, 0.15) is 0 Å². The van der Waals surface area contributed by atoms with Crippen LogP contribution < -0.4 is 15.6 Å². The third kappa shape index (κ3) is 4.54. The molecule has 0 unspecified atom stereocenters. The summed E-state index contributed by atoms with van der Waals surface area (Å²) in [5.41, 5.74) is 1.30. The van der Waals surface area contributed by atoms with Crippen LogP contribution in [0.5, 0.6) is 0 Å². The Morgan fingerprint density at radius 3 is 2.57 bits per heavy atom. The van der Waals surface area contributed by atoms with Crippen LogP contribution in [0.4, 0.5) is 11.5 Å². The number of aromatic amines is 1. The van der Waals surface area contributed by atoms with Gasteiger partial charge in [-0.05, 0) is 49.5 Å². The van der Waals surface area contributed by atoms with Gasteiger partial charge in [-0.25, -0.2) is 15.1 Å². The van der Waals surface area contributed by atoms with E-state index < -0.39 is 0 Å². The summed E-state index contributed by atoms with van der Waals surface area (Å²) < 4.78 is 4.93. The Labute approximate surface area is 128 Å².